The second kappa shape index (κ2) is 6.03. The highest BCUT2D eigenvalue weighted by Crippen LogP contribution is 2.18. The number of amides is 1. The van der Waals surface area contributed by atoms with Crippen LogP contribution in [0.3, 0.4) is 0 Å². The molecule has 0 radical (unpaired) electrons. The Kier molecular flexibility index (Phi) is 4.53. The van der Waals surface area contributed by atoms with Crippen molar-refractivity contribution in [1.29, 1.82) is 0 Å². The van der Waals surface area contributed by atoms with Gasteiger partial charge in [0.05, 0.1) is 25.0 Å². The van der Waals surface area contributed by atoms with Gasteiger partial charge in [-0.05, 0) is 32.0 Å². The number of carbonyl (C=O) groups excluding carboxylic acids is 1. The van der Waals surface area contributed by atoms with Crippen LogP contribution in [0.4, 0.5) is 5.69 Å². The predicted molar refractivity (Wildman–Crippen MR) is 80.8 cm³/mol. The van der Waals surface area contributed by atoms with Crippen molar-refractivity contribution in [2.75, 3.05) is 24.1 Å². The highest BCUT2D eigenvalue weighted by Gasteiger charge is 2.28. The molecule has 1 aromatic rings. The Bertz CT molecular complexity index is 630. The molecule has 2 atom stereocenters. The number of hydrogen-bond donors (Lipinski definition) is 1. The van der Waals surface area contributed by atoms with E-state index in [2.05, 4.69) is 4.72 Å². The lowest BCUT2D eigenvalue weighted by molar-refractivity contribution is -0.0387. The summed E-state index contributed by atoms with van der Waals surface area (Å²) in [6.07, 6.45) is 1.08. The van der Waals surface area contributed by atoms with Crippen molar-refractivity contribution in [3.63, 3.8) is 0 Å². The van der Waals surface area contributed by atoms with Gasteiger partial charge in [0.2, 0.25) is 10.0 Å². The Morgan fingerprint density at radius 2 is 2.10 bits per heavy atom. The summed E-state index contributed by atoms with van der Waals surface area (Å²) < 4.78 is 30.4. The molecule has 0 spiro atoms. The summed E-state index contributed by atoms with van der Waals surface area (Å²) >= 11 is 0. The minimum absolute atomic E-state index is 0.000207. The second-order valence-electron chi connectivity index (χ2n) is 5.41. The zero-order valence-corrected chi connectivity index (χ0v) is 13.2. The lowest BCUT2D eigenvalue weighted by atomic mass is 10.1. The van der Waals surface area contributed by atoms with Crippen LogP contribution < -0.4 is 4.72 Å². The van der Waals surface area contributed by atoms with Crippen LogP contribution in [0.5, 0.6) is 0 Å². The zero-order chi connectivity index (χ0) is 15.6. The highest BCUT2D eigenvalue weighted by atomic mass is 32.2. The molecular weight excluding hydrogens is 292 g/mol. The molecule has 0 saturated carbocycles. The fourth-order valence-electron chi connectivity index (χ4n) is 2.28. The van der Waals surface area contributed by atoms with Crippen molar-refractivity contribution in [2.45, 2.75) is 26.0 Å². The van der Waals surface area contributed by atoms with Crippen molar-refractivity contribution in [1.82, 2.24) is 4.90 Å². The molecule has 116 valence electrons. The van der Waals surface area contributed by atoms with Crippen molar-refractivity contribution in [3.05, 3.63) is 29.8 Å². The maximum absolute atomic E-state index is 12.6. The number of ether oxygens (including phenoxy) is 1. The van der Waals surface area contributed by atoms with Gasteiger partial charge in [-0.15, -0.1) is 0 Å². The first-order chi connectivity index (χ1) is 9.76. The molecule has 0 aliphatic carbocycles. The van der Waals surface area contributed by atoms with Crippen LogP contribution >= 0.6 is 0 Å². The lowest BCUT2D eigenvalue weighted by Gasteiger charge is -2.36. The van der Waals surface area contributed by atoms with Gasteiger partial charge >= 0.3 is 0 Å². The van der Waals surface area contributed by atoms with E-state index in [9.17, 15) is 13.2 Å². The molecule has 2 unspecified atom stereocenters. The van der Waals surface area contributed by atoms with E-state index in [1.54, 1.807) is 29.2 Å². The van der Waals surface area contributed by atoms with Gasteiger partial charge in [0, 0.05) is 17.8 Å². The first-order valence-electron chi connectivity index (χ1n) is 6.76. The maximum atomic E-state index is 12.6. The quantitative estimate of drug-likeness (QED) is 0.913. The van der Waals surface area contributed by atoms with Crippen molar-refractivity contribution >= 4 is 21.6 Å². The number of nitrogens with one attached hydrogen (secondary N) is 1. The fraction of sp³-hybridized carbons (Fsp3) is 0.500. The van der Waals surface area contributed by atoms with E-state index < -0.39 is 10.0 Å². The summed E-state index contributed by atoms with van der Waals surface area (Å²) in [7, 11) is -3.36. The summed E-state index contributed by atoms with van der Waals surface area (Å²) in [5.41, 5.74) is 0.849. The molecule has 1 saturated heterocycles. The fourth-order valence-corrected chi connectivity index (χ4v) is 2.84. The average molecular weight is 312 g/mol. The van der Waals surface area contributed by atoms with Crippen LogP contribution in [0, 0.1) is 0 Å². The third-order valence-electron chi connectivity index (χ3n) is 3.28. The predicted octanol–water partition coefficient (Wildman–Crippen LogP) is 1.31. The van der Waals surface area contributed by atoms with Gasteiger partial charge in [-0.1, -0.05) is 6.07 Å². The highest BCUT2D eigenvalue weighted by molar-refractivity contribution is 7.92. The van der Waals surface area contributed by atoms with Gasteiger partial charge in [-0.3, -0.25) is 9.52 Å². The molecule has 21 heavy (non-hydrogen) atoms. The van der Waals surface area contributed by atoms with Crippen LogP contribution in [0.2, 0.25) is 0 Å². The molecule has 1 aliphatic rings. The molecule has 1 heterocycles. The molecule has 0 aromatic heterocycles. The molecule has 0 bridgehead atoms. The second-order valence-corrected chi connectivity index (χ2v) is 7.15. The zero-order valence-electron chi connectivity index (χ0n) is 12.4. The lowest BCUT2D eigenvalue weighted by Crippen LogP contribution is -2.50. The van der Waals surface area contributed by atoms with E-state index in [0.717, 1.165) is 6.26 Å². The Hall–Kier alpha value is -1.60. The number of rotatable bonds is 3. The number of sulfonamides is 1. The molecule has 1 aliphatic heterocycles. The van der Waals surface area contributed by atoms with Crippen molar-refractivity contribution < 1.29 is 17.9 Å². The smallest absolute Gasteiger partial charge is 0.254 e. The number of nitrogens with zero attached hydrogens (tertiary/aromatic N) is 1. The average Bonchev–Trinajstić information content (AvgIpc) is 2.39. The summed E-state index contributed by atoms with van der Waals surface area (Å²) in [6, 6.07) is 6.51. The van der Waals surface area contributed by atoms with Gasteiger partial charge in [-0.2, -0.15) is 0 Å². The Morgan fingerprint density at radius 1 is 1.38 bits per heavy atom. The first kappa shape index (κ1) is 15.8. The topological polar surface area (TPSA) is 75.7 Å². The summed E-state index contributed by atoms with van der Waals surface area (Å²) in [4.78, 5) is 14.3. The SMILES string of the molecule is CC1CN(C(=O)c2cccc(NS(C)(=O)=O)c2)C(C)CO1. The van der Waals surface area contributed by atoms with Gasteiger partial charge < -0.3 is 9.64 Å². The normalized spacial score (nSPS) is 22.9. The van der Waals surface area contributed by atoms with Crippen LogP contribution in [0.15, 0.2) is 24.3 Å². The van der Waals surface area contributed by atoms with Crippen LogP contribution in [-0.4, -0.2) is 50.8 Å². The van der Waals surface area contributed by atoms with Gasteiger partial charge in [0.1, 0.15) is 0 Å². The van der Waals surface area contributed by atoms with Crippen molar-refractivity contribution in [3.8, 4) is 0 Å². The molecule has 1 fully saturated rings. The minimum atomic E-state index is -3.36. The molecule has 2 rings (SSSR count). The van der Waals surface area contributed by atoms with E-state index in [1.807, 2.05) is 13.8 Å². The molecule has 7 heteroatoms. The van der Waals surface area contributed by atoms with E-state index in [1.165, 1.54) is 0 Å². The van der Waals surface area contributed by atoms with E-state index in [4.69, 9.17) is 4.74 Å². The van der Waals surface area contributed by atoms with Crippen LogP contribution in [-0.2, 0) is 14.8 Å². The number of carbonyl (C=O) groups is 1. The Morgan fingerprint density at radius 3 is 2.76 bits per heavy atom. The Balaban J connectivity index is 2.21. The van der Waals surface area contributed by atoms with Crippen LogP contribution in [0.1, 0.15) is 24.2 Å². The van der Waals surface area contributed by atoms with Gasteiger partial charge in [0.25, 0.3) is 5.91 Å². The number of benzene rings is 1. The maximum Gasteiger partial charge on any atom is 0.254 e. The largest absolute Gasteiger partial charge is 0.375 e. The number of hydrogen-bond acceptors (Lipinski definition) is 4. The van der Waals surface area contributed by atoms with Crippen LogP contribution in [0.25, 0.3) is 0 Å². The van der Waals surface area contributed by atoms with Crippen molar-refractivity contribution in [2.24, 2.45) is 0 Å². The Labute approximate surface area is 125 Å². The summed E-state index contributed by atoms with van der Waals surface area (Å²) in [5.74, 6) is -0.116. The third-order valence-corrected chi connectivity index (χ3v) is 3.89. The summed E-state index contributed by atoms with van der Waals surface area (Å²) in [5, 5.41) is 0. The standard InChI is InChI=1S/C14H20N2O4S/c1-10-9-20-11(2)8-16(10)14(17)12-5-4-6-13(7-12)15-21(3,18)19/h4-7,10-11,15H,8-9H2,1-3H3. The number of anilines is 1. The molecule has 1 aromatic carbocycles. The molecule has 1 amide bonds. The first-order valence-corrected chi connectivity index (χ1v) is 8.66. The monoisotopic (exact) mass is 312 g/mol. The van der Waals surface area contributed by atoms with E-state index >= 15 is 0 Å². The van der Waals surface area contributed by atoms with Gasteiger partial charge in [-0.25, -0.2) is 8.42 Å². The minimum Gasteiger partial charge on any atom is -0.375 e. The molecule has 1 N–H and O–H groups in total. The number of morpholine rings is 1. The summed E-state index contributed by atoms with van der Waals surface area (Å²) in [6.45, 7) is 4.90. The van der Waals surface area contributed by atoms with E-state index in [-0.39, 0.29) is 18.1 Å². The molecule has 6 nitrogen and oxygen atoms in total. The third kappa shape index (κ3) is 4.18. The van der Waals surface area contributed by atoms with Gasteiger partial charge in [0.15, 0.2) is 0 Å². The molecular formula is C14H20N2O4S. The van der Waals surface area contributed by atoms with E-state index in [0.29, 0.717) is 24.4 Å².